The SMILES string of the molecule is CC(C)(C)NC(=O)c1cccc(NC(=O)Cc2cccc(O)c2O)c1. The highest BCUT2D eigenvalue weighted by atomic mass is 16.3. The van der Waals surface area contributed by atoms with Crippen LogP contribution < -0.4 is 10.6 Å². The Morgan fingerprint density at radius 2 is 1.72 bits per heavy atom. The molecule has 0 aliphatic heterocycles. The van der Waals surface area contributed by atoms with Gasteiger partial charge in [0.2, 0.25) is 5.91 Å². The van der Waals surface area contributed by atoms with Gasteiger partial charge in [-0.05, 0) is 45.0 Å². The fourth-order valence-corrected chi connectivity index (χ4v) is 2.25. The summed E-state index contributed by atoms with van der Waals surface area (Å²) in [6.07, 6.45) is -0.0986. The van der Waals surface area contributed by atoms with Gasteiger partial charge in [0.15, 0.2) is 11.5 Å². The van der Waals surface area contributed by atoms with Crippen molar-refractivity contribution in [1.82, 2.24) is 5.32 Å². The molecule has 0 spiro atoms. The zero-order valence-electron chi connectivity index (χ0n) is 14.5. The highest BCUT2D eigenvalue weighted by Gasteiger charge is 2.16. The second-order valence-corrected chi connectivity index (χ2v) is 6.79. The number of phenols is 2. The van der Waals surface area contributed by atoms with E-state index in [0.717, 1.165) is 0 Å². The fraction of sp³-hybridized carbons (Fsp3) is 0.263. The molecule has 2 amide bonds. The zero-order valence-corrected chi connectivity index (χ0v) is 14.5. The van der Waals surface area contributed by atoms with Crippen LogP contribution in [0, 0.1) is 0 Å². The monoisotopic (exact) mass is 342 g/mol. The van der Waals surface area contributed by atoms with Crippen LogP contribution in [0.1, 0.15) is 36.7 Å². The van der Waals surface area contributed by atoms with Crippen LogP contribution in [0.5, 0.6) is 11.5 Å². The lowest BCUT2D eigenvalue weighted by atomic mass is 10.1. The quantitative estimate of drug-likeness (QED) is 0.642. The molecule has 0 saturated heterocycles. The summed E-state index contributed by atoms with van der Waals surface area (Å²) in [5.41, 5.74) is 0.877. The minimum Gasteiger partial charge on any atom is -0.504 e. The minimum absolute atomic E-state index is 0.0986. The van der Waals surface area contributed by atoms with Gasteiger partial charge in [-0.1, -0.05) is 18.2 Å². The molecule has 0 bridgehead atoms. The predicted molar refractivity (Wildman–Crippen MR) is 95.8 cm³/mol. The molecule has 2 rings (SSSR count). The number of aromatic hydroxyl groups is 2. The number of phenolic OH excluding ortho intramolecular Hbond substituents is 2. The van der Waals surface area contributed by atoms with Crippen LogP contribution in [0.2, 0.25) is 0 Å². The topological polar surface area (TPSA) is 98.7 Å². The Morgan fingerprint density at radius 3 is 2.40 bits per heavy atom. The van der Waals surface area contributed by atoms with E-state index in [0.29, 0.717) is 16.8 Å². The van der Waals surface area contributed by atoms with Crippen molar-refractivity contribution in [2.45, 2.75) is 32.7 Å². The Bertz CT molecular complexity index is 794. The first-order valence-corrected chi connectivity index (χ1v) is 7.88. The number of carbonyl (C=O) groups is 2. The van der Waals surface area contributed by atoms with Crippen molar-refractivity contribution >= 4 is 17.5 Å². The number of anilines is 1. The third-order valence-electron chi connectivity index (χ3n) is 3.35. The van der Waals surface area contributed by atoms with Crippen molar-refractivity contribution in [3.63, 3.8) is 0 Å². The highest BCUT2D eigenvalue weighted by Crippen LogP contribution is 2.28. The van der Waals surface area contributed by atoms with E-state index in [1.54, 1.807) is 36.4 Å². The average Bonchev–Trinajstić information content (AvgIpc) is 2.50. The number of hydrogen-bond acceptors (Lipinski definition) is 4. The lowest BCUT2D eigenvalue weighted by molar-refractivity contribution is -0.115. The van der Waals surface area contributed by atoms with Crippen LogP contribution in [0.15, 0.2) is 42.5 Å². The largest absolute Gasteiger partial charge is 0.504 e. The van der Waals surface area contributed by atoms with Gasteiger partial charge in [-0.25, -0.2) is 0 Å². The number of rotatable bonds is 4. The highest BCUT2D eigenvalue weighted by molar-refractivity contribution is 5.98. The second-order valence-electron chi connectivity index (χ2n) is 6.79. The zero-order chi connectivity index (χ0) is 18.6. The summed E-state index contributed by atoms with van der Waals surface area (Å²) in [7, 11) is 0. The Kier molecular flexibility index (Phi) is 5.32. The summed E-state index contributed by atoms with van der Waals surface area (Å²) in [4.78, 5) is 24.3. The van der Waals surface area contributed by atoms with E-state index in [1.807, 2.05) is 20.8 Å². The summed E-state index contributed by atoms with van der Waals surface area (Å²) < 4.78 is 0. The normalized spacial score (nSPS) is 11.0. The maximum atomic E-state index is 12.2. The van der Waals surface area contributed by atoms with E-state index >= 15 is 0 Å². The maximum absolute atomic E-state index is 12.2. The standard InChI is InChI=1S/C19H22N2O4/c1-19(2,3)21-18(25)13-7-4-8-14(10-13)20-16(23)11-12-6-5-9-15(22)17(12)24/h4-10,22,24H,11H2,1-3H3,(H,20,23)(H,21,25). The third kappa shape index (κ3) is 5.24. The number of carbonyl (C=O) groups excluding carboxylic acids is 2. The van der Waals surface area contributed by atoms with Crippen molar-refractivity contribution < 1.29 is 19.8 Å². The molecule has 2 aromatic carbocycles. The molecule has 0 aromatic heterocycles. The first-order chi connectivity index (χ1) is 11.7. The van der Waals surface area contributed by atoms with Crippen LogP contribution in [0.3, 0.4) is 0 Å². The van der Waals surface area contributed by atoms with Gasteiger partial charge in [-0.3, -0.25) is 9.59 Å². The molecule has 6 heteroatoms. The van der Waals surface area contributed by atoms with Gasteiger partial charge in [0.1, 0.15) is 0 Å². The van der Waals surface area contributed by atoms with Crippen molar-refractivity contribution in [2.75, 3.05) is 5.32 Å². The number of amides is 2. The van der Waals surface area contributed by atoms with E-state index in [2.05, 4.69) is 10.6 Å². The summed E-state index contributed by atoms with van der Waals surface area (Å²) in [6, 6.07) is 11.1. The molecule has 132 valence electrons. The Morgan fingerprint density at radius 1 is 1.04 bits per heavy atom. The van der Waals surface area contributed by atoms with Gasteiger partial charge in [-0.2, -0.15) is 0 Å². The van der Waals surface area contributed by atoms with Gasteiger partial charge in [0.25, 0.3) is 5.91 Å². The number of para-hydroxylation sites is 1. The van der Waals surface area contributed by atoms with Crippen LogP contribution >= 0.6 is 0 Å². The van der Waals surface area contributed by atoms with Gasteiger partial charge in [0.05, 0.1) is 6.42 Å². The molecular formula is C19H22N2O4. The van der Waals surface area contributed by atoms with Gasteiger partial charge < -0.3 is 20.8 Å². The van der Waals surface area contributed by atoms with Gasteiger partial charge >= 0.3 is 0 Å². The summed E-state index contributed by atoms with van der Waals surface area (Å²) in [6.45, 7) is 5.66. The first kappa shape index (κ1) is 18.3. The fourth-order valence-electron chi connectivity index (χ4n) is 2.25. The van der Waals surface area contributed by atoms with Crippen LogP contribution in [-0.2, 0) is 11.2 Å². The molecule has 4 N–H and O–H groups in total. The molecule has 6 nitrogen and oxygen atoms in total. The first-order valence-electron chi connectivity index (χ1n) is 7.88. The molecule has 0 aliphatic rings. The molecule has 0 fully saturated rings. The summed E-state index contributed by atoms with van der Waals surface area (Å²) >= 11 is 0. The van der Waals surface area contributed by atoms with Crippen LogP contribution in [-0.4, -0.2) is 27.6 Å². The molecule has 2 aromatic rings. The van der Waals surface area contributed by atoms with Crippen LogP contribution in [0.25, 0.3) is 0 Å². The molecule has 0 atom stereocenters. The van der Waals surface area contributed by atoms with E-state index in [4.69, 9.17) is 0 Å². The maximum Gasteiger partial charge on any atom is 0.251 e. The predicted octanol–water partition coefficient (Wildman–Crippen LogP) is 2.81. The minimum atomic E-state index is -0.366. The van der Waals surface area contributed by atoms with Crippen molar-refractivity contribution in [3.05, 3.63) is 53.6 Å². The van der Waals surface area contributed by atoms with E-state index in [1.165, 1.54) is 6.07 Å². The van der Waals surface area contributed by atoms with E-state index < -0.39 is 0 Å². The molecule has 0 unspecified atom stereocenters. The van der Waals surface area contributed by atoms with Crippen molar-refractivity contribution in [3.8, 4) is 11.5 Å². The summed E-state index contributed by atoms with van der Waals surface area (Å²) in [5, 5.41) is 24.8. The molecular weight excluding hydrogens is 320 g/mol. The molecule has 0 radical (unpaired) electrons. The number of benzene rings is 2. The lowest BCUT2D eigenvalue weighted by Crippen LogP contribution is -2.40. The third-order valence-corrected chi connectivity index (χ3v) is 3.35. The van der Waals surface area contributed by atoms with Gasteiger partial charge in [0, 0.05) is 22.4 Å². The molecule has 0 heterocycles. The van der Waals surface area contributed by atoms with Gasteiger partial charge in [-0.15, -0.1) is 0 Å². The van der Waals surface area contributed by atoms with Crippen molar-refractivity contribution in [1.29, 1.82) is 0 Å². The smallest absolute Gasteiger partial charge is 0.251 e. The molecule has 25 heavy (non-hydrogen) atoms. The van der Waals surface area contributed by atoms with Crippen molar-refractivity contribution in [2.24, 2.45) is 0 Å². The lowest BCUT2D eigenvalue weighted by Gasteiger charge is -2.20. The average molecular weight is 342 g/mol. The summed E-state index contributed by atoms with van der Waals surface area (Å²) in [5.74, 6) is -1.18. The van der Waals surface area contributed by atoms with E-state index in [-0.39, 0.29) is 35.3 Å². The van der Waals surface area contributed by atoms with Crippen LogP contribution in [0.4, 0.5) is 5.69 Å². The second kappa shape index (κ2) is 7.25. The van der Waals surface area contributed by atoms with E-state index in [9.17, 15) is 19.8 Å². The Hall–Kier alpha value is -3.02. The number of hydrogen-bond donors (Lipinski definition) is 4. The Balaban J connectivity index is 2.07. The molecule has 0 aliphatic carbocycles. The number of nitrogens with one attached hydrogen (secondary N) is 2. The Labute approximate surface area is 146 Å². The molecule has 0 saturated carbocycles.